The SMILES string of the molecule is C=CCOC(=O)C(C)OC(=O)C=CC(=O)OC(C)C(=O)OCC=C. The minimum Gasteiger partial charge on any atom is -0.459 e. The van der Waals surface area contributed by atoms with E-state index in [0.29, 0.717) is 0 Å². The Bertz CT molecular complexity index is 474. The molecule has 132 valence electrons. The number of ether oxygens (including phenoxy) is 4. The van der Waals surface area contributed by atoms with Gasteiger partial charge in [-0.25, -0.2) is 19.2 Å². The monoisotopic (exact) mass is 340 g/mol. The second-order valence-electron chi connectivity index (χ2n) is 4.33. The summed E-state index contributed by atoms with van der Waals surface area (Å²) in [6, 6.07) is 0. The van der Waals surface area contributed by atoms with Crippen LogP contribution in [0.5, 0.6) is 0 Å². The van der Waals surface area contributed by atoms with Crippen molar-refractivity contribution in [1.29, 1.82) is 0 Å². The van der Waals surface area contributed by atoms with E-state index in [4.69, 9.17) is 9.47 Å². The Kier molecular flexibility index (Phi) is 10.2. The molecule has 0 heterocycles. The van der Waals surface area contributed by atoms with Gasteiger partial charge in [-0.3, -0.25) is 0 Å². The van der Waals surface area contributed by atoms with Crippen LogP contribution in [0.3, 0.4) is 0 Å². The van der Waals surface area contributed by atoms with Gasteiger partial charge in [0.15, 0.2) is 12.2 Å². The molecule has 0 aromatic heterocycles. The summed E-state index contributed by atoms with van der Waals surface area (Å²) in [6.45, 7) is 9.34. The molecule has 0 aliphatic rings. The standard InChI is InChI=1S/C16H20O8/c1-5-9-21-15(19)11(3)23-13(17)7-8-14(18)24-12(4)16(20)22-10-6-2/h5-8,11-12H,1-2,9-10H2,3-4H3. The van der Waals surface area contributed by atoms with Crippen LogP contribution in [-0.4, -0.2) is 49.3 Å². The predicted octanol–water partition coefficient (Wildman–Crippen LogP) is 0.864. The van der Waals surface area contributed by atoms with Gasteiger partial charge >= 0.3 is 23.9 Å². The van der Waals surface area contributed by atoms with Crippen molar-refractivity contribution in [3.8, 4) is 0 Å². The fourth-order valence-corrected chi connectivity index (χ4v) is 1.18. The highest BCUT2D eigenvalue weighted by atomic mass is 16.6. The molecule has 8 nitrogen and oxygen atoms in total. The predicted molar refractivity (Wildman–Crippen MR) is 82.6 cm³/mol. The molecule has 0 aliphatic carbocycles. The number of esters is 4. The number of hydrogen-bond acceptors (Lipinski definition) is 8. The highest BCUT2D eigenvalue weighted by Gasteiger charge is 2.19. The molecule has 0 spiro atoms. The van der Waals surface area contributed by atoms with Crippen LogP contribution in [0, 0.1) is 0 Å². The molecule has 2 atom stereocenters. The molecule has 0 fully saturated rings. The largest absolute Gasteiger partial charge is 0.459 e. The Morgan fingerprint density at radius 1 is 0.792 bits per heavy atom. The minimum absolute atomic E-state index is 0.0112. The maximum atomic E-state index is 11.4. The first-order chi connectivity index (χ1) is 11.3. The van der Waals surface area contributed by atoms with E-state index in [0.717, 1.165) is 12.2 Å². The van der Waals surface area contributed by atoms with E-state index in [-0.39, 0.29) is 13.2 Å². The topological polar surface area (TPSA) is 105 Å². The summed E-state index contributed by atoms with van der Waals surface area (Å²) >= 11 is 0. The number of hydrogen-bond donors (Lipinski definition) is 0. The Labute approximate surface area is 139 Å². The Morgan fingerprint density at radius 3 is 1.42 bits per heavy atom. The van der Waals surface area contributed by atoms with E-state index in [1.807, 2.05) is 0 Å². The second-order valence-corrected chi connectivity index (χ2v) is 4.33. The molecule has 8 heteroatoms. The summed E-state index contributed by atoms with van der Waals surface area (Å²) in [4.78, 5) is 45.6. The lowest BCUT2D eigenvalue weighted by Crippen LogP contribution is -2.26. The zero-order valence-corrected chi connectivity index (χ0v) is 13.6. The molecule has 0 amide bonds. The molecule has 0 aliphatic heterocycles. The third-order valence-electron chi connectivity index (χ3n) is 2.29. The summed E-state index contributed by atoms with van der Waals surface area (Å²) in [6.07, 6.45) is 1.97. The zero-order chi connectivity index (χ0) is 18.5. The van der Waals surface area contributed by atoms with Gasteiger partial charge in [0.2, 0.25) is 0 Å². The Hall–Kier alpha value is -2.90. The number of rotatable bonds is 10. The van der Waals surface area contributed by atoms with Gasteiger partial charge in [-0.2, -0.15) is 0 Å². The second kappa shape index (κ2) is 11.6. The van der Waals surface area contributed by atoms with E-state index in [1.54, 1.807) is 0 Å². The minimum atomic E-state index is -1.15. The molecular weight excluding hydrogens is 320 g/mol. The van der Waals surface area contributed by atoms with Crippen molar-refractivity contribution in [2.75, 3.05) is 13.2 Å². The summed E-state index contributed by atoms with van der Waals surface area (Å²) in [5.41, 5.74) is 0. The summed E-state index contributed by atoms with van der Waals surface area (Å²) < 4.78 is 18.8. The third kappa shape index (κ3) is 9.19. The van der Waals surface area contributed by atoms with E-state index in [9.17, 15) is 19.2 Å². The van der Waals surface area contributed by atoms with Crippen molar-refractivity contribution in [2.24, 2.45) is 0 Å². The van der Waals surface area contributed by atoms with Crippen LogP contribution < -0.4 is 0 Å². The van der Waals surface area contributed by atoms with Crippen LogP contribution in [0.25, 0.3) is 0 Å². The molecule has 0 aromatic rings. The quantitative estimate of drug-likeness (QED) is 0.250. The van der Waals surface area contributed by atoms with Gasteiger partial charge in [-0.15, -0.1) is 0 Å². The van der Waals surface area contributed by atoms with Crippen molar-refractivity contribution in [3.63, 3.8) is 0 Å². The van der Waals surface area contributed by atoms with E-state index < -0.39 is 36.1 Å². The lowest BCUT2D eigenvalue weighted by molar-refractivity contribution is -0.163. The van der Waals surface area contributed by atoms with Crippen LogP contribution in [0.1, 0.15) is 13.8 Å². The van der Waals surface area contributed by atoms with Crippen molar-refractivity contribution in [3.05, 3.63) is 37.5 Å². The molecule has 0 aromatic carbocycles. The Balaban J connectivity index is 4.31. The molecule has 24 heavy (non-hydrogen) atoms. The molecule has 0 radical (unpaired) electrons. The lowest BCUT2D eigenvalue weighted by Gasteiger charge is -2.11. The molecule has 2 unspecified atom stereocenters. The first-order valence-corrected chi connectivity index (χ1v) is 6.96. The number of carbonyl (C=O) groups excluding carboxylic acids is 4. The maximum absolute atomic E-state index is 11.4. The molecule has 0 saturated carbocycles. The van der Waals surface area contributed by atoms with Crippen LogP contribution in [0.4, 0.5) is 0 Å². The normalized spacial score (nSPS) is 12.6. The van der Waals surface area contributed by atoms with Gasteiger partial charge in [-0.1, -0.05) is 25.3 Å². The number of carbonyl (C=O) groups is 4. The van der Waals surface area contributed by atoms with Gasteiger partial charge in [0.25, 0.3) is 0 Å². The van der Waals surface area contributed by atoms with Gasteiger partial charge in [0.05, 0.1) is 0 Å². The fraction of sp³-hybridized carbons (Fsp3) is 0.375. The van der Waals surface area contributed by atoms with Crippen molar-refractivity contribution in [1.82, 2.24) is 0 Å². The highest BCUT2D eigenvalue weighted by molar-refractivity contribution is 5.93. The average Bonchev–Trinajstić information content (AvgIpc) is 2.55. The maximum Gasteiger partial charge on any atom is 0.347 e. The van der Waals surface area contributed by atoms with Crippen molar-refractivity contribution < 1.29 is 38.1 Å². The first-order valence-electron chi connectivity index (χ1n) is 6.96. The summed E-state index contributed by atoms with van der Waals surface area (Å²) in [5, 5.41) is 0. The van der Waals surface area contributed by atoms with Gasteiger partial charge < -0.3 is 18.9 Å². The van der Waals surface area contributed by atoms with Gasteiger partial charge in [0, 0.05) is 12.2 Å². The molecule has 0 bridgehead atoms. The fourth-order valence-electron chi connectivity index (χ4n) is 1.18. The molecule has 0 saturated heterocycles. The van der Waals surface area contributed by atoms with Crippen LogP contribution in [-0.2, 0) is 38.1 Å². The summed E-state index contributed by atoms with van der Waals surface area (Å²) in [7, 11) is 0. The smallest absolute Gasteiger partial charge is 0.347 e. The molecular formula is C16H20O8. The van der Waals surface area contributed by atoms with Crippen molar-refractivity contribution >= 4 is 23.9 Å². The Morgan fingerprint density at radius 2 is 1.12 bits per heavy atom. The van der Waals surface area contributed by atoms with Crippen LogP contribution >= 0.6 is 0 Å². The first kappa shape index (κ1) is 21.1. The average molecular weight is 340 g/mol. The van der Waals surface area contributed by atoms with E-state index in [2.05, 4.69) is 22.6 Å². The zero-order valence-electron chi connectivity index (χ0n) is 13.6. The summed E-state index contributed by atoms with van der Waals surface area (Å²) in [5.74, 6) is -3.40. The molecule has 0 N–H and O–H groups in total. The lowest BCUT2D eigenvalue weighted by atomic mass is 10.4. The van der Waals surface area contributed by atoms with Crippen LogP contribution in [0.2, 0.25) is 0 Å². The third-order valence-corrected chi connectivity index (χ3v) is 2.29. The van der Waals surface area contributed by atoms with Gasteiger partial charge in [-0.05, 0) is 13.8 Å². The molecule has 0 rings (SSSR count). The van der Waals surface area contributed by atoms with Crippen molar-refractivity contribution in [2.45, 2.75) is 26.1 Å². The van der Waals surface area contributed by atoms with Gasteiger partial charge in [0.1, 0.15) is 13.2 Å². The van der Waals surface area contributed by atoms with E-state index >= 15 is 0 Å². The van der Waals surface area contributed by atoms with E-state index in [1.165, 1.54) is 26.0 Å². The highest BCUT2D eigenvalue weighted by Crippen LogP contribution is 1.99. The van der Waals surface area contributed by atoms with Crippen LogP contribution in [0.15, 0.2) is 37.5 Å².